The molecule has 0 aromatic heterocycles. The maximum absolute atomic E-state index is 12.8. The van der Waals surface area contributed by atoms with Crippen LogP contribution in [-0.4, -0.2) is 23.8 Å². The fourth-order valence-corrected chi connectivity index (χ4v) is 2.72. The SMILES string of the molecule is CCCC(=O)Nc1c(C)cc(C(=O)N(C)c2ccccc2N)cc1[N+](=O)[O-]. The number of aryl methyl sites for hydroxylation is 1. The van der Waals surface area contributed by atoms with Crippen LogP contribution < -0.4 is 16.0 Å². The fraction of sp³-hybridized carbons (Fsp3) is 0.263. The largest absolute Gasteiger partial charge is 0.397 e. The quantitative estimate of drug-likeness (QED) is 0.458. The van der Waals surface area contributed by atoms with Crippen molar-refractivity contribution in [2.45, 2.75) is 26.7 Å². The van der Waals surface area contributed by atoms with Gasteiger partial charge < -0.3 is 16.0 Å². The van der Waals surface area contributed by atoms with Crippen molar-refractivity contribution in [1.82, 2.24) is 0 Å². The Labute approximate surface area is 157 Å². The van der Waals surface area contributed by atoms with Crippen molar-refractivity contribution in [2.24, 2.45) is 0 Å². The Morgan fingerprint density at radius 1 is 1.26 bits per heavy atom. The standard InChI is InChI=1S/C19H22N4O4/c1-4-7-17(24)21-18-12(2)10-13(11-16(18)23(26)27)19(25)22(3)15-9-6-5-8-14(15)20/h5-6,8-11H,4,7,20H2,1-3H3,(H,21,24). The summed E-state index contributed by atoms with van der Waals surface area (Å²) in [4.78, 5) is 36.9. The van der Waals surface area contributed by atoms with Crippen LogP contribution in [0, 0.1) is 17.0 Å². The second kappa shape index (κ2) is 8.31. The predicted molar refractivity (Wildman–Crippen MR) is 105 cm³/mol. The number of nitrogens with one attached hydrogen (secondary N) is 1. The van der Waals surface area contributed by atoms with E-state index in [0.29, 0.717) is 23.4 Å². The first-order valence-corrected chi connectivity index (χ1v) is 8.47. The first kappa shape index (κ1) is 19.9. The Morgan fingerprint density at radius 3 is 2.52 bits per heavy atom. The first-order valence-electron chi connectivity index (χ1n) is 8.47. The van der Waals surface area contributed by atoms with Crippen LogP contribution >= 0.6 is 0 Å². The minimum absolute atomic E-state index is 0.108. The number of nitro benzene ring substituents is 1. The zero-order chi connectivity index (χ0) is 20.1. The van der Waals surface area contributed by atoms with E-state index in [1.54, 1.807) is 38.2 Å². The predicted octanol–water partition coefficient (Wildman–Crippen LogP) is 3.50. The van der Waals surface area contributed by atoms with Crippen molar-refractivity contribution in [3.8, 4) is 0 Å². The molecule has 0 aliphatic rings. The molecule has 2 aromatic carbocycles. The van der Waals surface area contributed by atoms with Gasteiger partial charge in [0.05, 0.1) is 16.3 Å². The zero-order valence-electron chi connectivity index (χ0n) is 15.5. The molecule has 0 fully saturated rings. The lowest BCUT2D eigenvalue weighted by atomic mass is 10.1. The van der Waals surface area contributed by atoms with Gasteiger partial charge in [0.2, 0.25) is 5.91 Å². The molecule has 2 aromatic rings. The number of nitrogens with two attached hydrogens (primary N) is 1. The lowest BCUT2D eigenvalue weighted by Crippen LogP contribution is -2.27. The Kier molecular flexibility index (Phi) is 6.12. The van der Waals surface area contributed by atoms with Crippen LogP contribution in [0.5, 0.6) is 0 Å². The van der Waals surface area contributed by atoms with E-state index in [0.717, 1.165) is 0 Å². The van der Waals surface area contributed by atoms with Crippen molar-refractivity contribution in [3.05, 3.63) is 57.6 Å². The molecule has 8 nitrogen and oxygen atoms in total. The van der Waals surface area contributed by atoms with Gasteiger partial charge in [0, 0.05) is 25.1 Å². The Bertz CT molecular complexity index is 895. The number of benzene rings is 2. The van der Waals surface area contributed by atoms with Crippen LogP contribution in [0.2, 0.25) is 0 Å². The number of anilines is 3. The molecule has 0 atom stereocenters. The highest BCUT2D eigenvalue weighted by Crippen LogP contribution is 2.31. The number of carbonyl (C=O) groups is 2. The van der Waals surface area contributed by atoms with E-state index in [2.05, 4.69) is 5.32 Å². The minimum Gasteiger partial charge on any atom is -0.397 e. The third-order valence-corrected chi connectivity index (χ3v) is 4.10. The van der Waals surface area contributed by atoms with Gasteiger partial charge in [-0.15, -0.1) is 0 Å². The molecule has 2 rings (SSSR count). The molecule has 0 saturated carbocycles. The molecule has 0 radical (unpaired) electrons. The van der Waals surface area contributed by atoms with Gasteiger partial charge in [-0.1, -0.05) is 19.1 Å². The van der Waals surface area contributed by atoms with Gasteiger partial charge >= 0.3 is 0 Å². The Hall–Kier alpha value is -3.42. The molecule has 27 heavy (non-hydrogen) atoms. The molecule has 0 bridgehead atoms. The van der Waals surface area contributed by atoms with Gasteiger partial charge in [0.25, 0.3) is 11.6 Å². The number of nitrogens with zero attached hydrogens (tertiary/aromatic N) is 2. The van der Waals surface area contributed by atoms with Crippen molar-refractivity contribution >= 4 is 34.6 Å². The first-order chi connectivity index (χ1) is 12.8. The number of hydrogen-bond acceptors (Lipinski definition) is 5. The highest BCUT2D eigenvalue weighted by molar-refractivity contribution is 6.08. The molecule has 8 heteroatoms. The van der Waals surface area contributed by atoms with Gasteiger partial charge in [-0.2, -0.15) is 0 Å². The maximum Gasteiger partial charge on any atom is 0.293 e. The van der Waals surface area contributed by atoms with E-state index in [1.807, 2.05) is 6.92 Å². The molecular weight excluding hydrogens is 348 g/mol. The van der Waals surface area contributed by atoms with Crippen LogP contribution in [0.15, 0.2) is 36.4 Å². The van der Waals surface area contributed by atoms with Gasteiger partial charge in [-0.05, 0) is 37.1 Å². The summed E-state index contributed by atoms with van der Waals surface area (Å²) in [6.07, 6.45) is 0.881. The molecule has 2 amide bonds. The van der Waals surface area contributed by atoms with E-state index < -0.39 is 10.8 Å². The summed E-state index contributed by atoms with van der Waals surface area (Å²) in [6, 6.07) is 9.54. The zero-order valence-corrected chi connectivity index (χ0v) is 15.5. The molecule has 0 aliphatic carbocycles. The summed E-state index contributed by atoms with van der Waals surface area (Å²) in [5.41, 5.74) is 7.19. The molecule has 0 unspecified atom stereocenters. The van der Waals surface area contributed by atoms with Crippen molar-refractivity contribution in [1.29, 1.82) is 0 Å². The number of carbonyl (C=O) groups excluding carboxylic acids is 2. The number of para-hydroxylation sites is 2. The molecule has 3 N–H and O–H groups in total. The molecule has 0 aliphatic heterocycles. The lowest BCUT2D eigenvalue weighted by Gasteiger charge is -2.20. The molecule has 0 saturated heterocycles. The van der Waals surface area contributed by atoms with Crippen LogP contribution in [0.25, 0.3) is 0 Å². The third kappa shape index (κ3) is 4.41. The van der Waals surface area contributed by atoms with Crippen LogP contribution in [-0.2, 0) is 4.79 Å². The maximum atomic E-state index is 12.8. The number of nitro groups is 1. The number of rotatable bonds is 6. The highest BCUT2D eigenvalue weighted by Gasteiger charge is 2.24. The summed E-state index contributed by atoms with van der Waals surface area (Å²) >= 11 is 0. The van der Waals surface area contributed by atoms with Gasteiger partial charge in [-0.3, -0.25) is 19.7 Å². The van der Waals surface area contributed by atoms with E-state index >= 15 is 0 Å². The third-order valence-electron chi connectivity index (χ3n) is 4.10. The fourth-order valence-electron chi connectivity index (χ4n) is 2.72. The van der Waals surface area contributed by atoms with Crippen molar-refractivity contribution < 1.29 is 14.5 Å². The van der Waals surface area contributed by atoms with E-state index in [9.17, 15) is 19.7 Å². The van der Waals surface area contributed by atoms with E-state index in [4.69, 9.17) is 5.73 Å². The Balaban J connectivity index is 2.43. The average molecular weight is 370 g/mol. The van der Waals surface area contributed by atoms with Crippen LogP contribution in [0.1, 0.15) is 35.7 Å². The van der Waals surface area contributed by atoms with E-state index in [1.165, 1.54) is 17.0 Å². The van der Waals surface area contributed by atoms with Gasteiger partial charge in [0.15, 0.2) is 0 Å². The smallest absolute Gasteiger partial charge is 0.293 e. The molecular formula is C19H22N4O4. The van der Waals surface area contributed by atoms with Gasteiger partial charge in [0.1, 0.15) is 5.69 Å². The summed E-state index contributed by atoms with van der Waals surface area (Å²) < 4.78 is 0. The van der Waals surface area contributed by atoms with Crippen LogP contribution in [0.3, 0.4) is 0 Å². The van der Waals surface area contributed by atoms with Crippen molar-refractivity contribution in [2.75, 3.05) is 23.0 Å². The summed E-state index contributed by atoms with van der Waals surface area (Å²) in [6.45, 7) is 3.45. The number of hydrogen-bond donors (Lipinski definition) is 2. The van der Waals surface area contributed by atoms with Gasteiger partial charge in [-0.25, -0.2) is 0 Å². The molecule has 0 heterocycles. The second-order valence-electron chi connectivity index (χ2n) is 6.17. The number of nitrogen functional groups attached to an aromatic ring is 1. The summed E-state index contributed by atoms with van der Waals surface area (Å²) in [5.74, 6) is -0.748. The number of amides is 2. The minimum atomic E-state index is -0.609. The average Bonchev–Trinajstić information content (AvgIpc) is 2.62. The highest BCUT2D eigenvalue weighted by atomic mass is 16.6. The summed E-state index contributed by atoms with van der Waals surface area (Å²) in [7, 11) is 1.55. The molecule has 142 valence electrons. The second-order valence-corrected chi connectivity index (χ2v) is 6.17. The topological polar surface area (TPSA) is 119 Å². The van der Waals surface area contributed by atoms with Crippen molar-refractivity contribution in [3.63, 3.8) is 0 Å². The lowest BCUT2D eigenvalue weighted by molar-refractivity contribution is -0.384. The van der Waals surface area contributed by atoms with E-state index in [-0.39, 0.29) is 29.3 Å². The summed E-state index contributed by atoms with van der Waals surface area (Å²) in [5, 5.41) is 14.1. The monoisotopic (exact) mass is 370 g/mol. The van der Waals surface area contributed by atoms with Crippen LogP contribution in [0.4, 0.5) is 22.7 Å². The Morgan fingerprint density at radius 2 is 1.93 bits per heavy atom. The molecule has 0 spiro atoms. The normalized spacial score (nSPS) is 10.3.